The molecule has 0 bridgehead atoms. The molecular formula is C21H21ClN4O2. The van der Waals surface area contributed by atoms with Crippen LogP contribution in [0, 0.1) is 13.8 Å². The zero-order valence-corrected chi connectivity index (χ0v) is 16.7. The zero-order chi connectivity index (χ0) is 20.3. The number of hydrogen-bond acceptors (Lipinski definition) is 3. The Morgan fingerprint density at radius 2 is 1.75 bits per heavy atom. The van der Waals surface area contributed by atoms with Crippen LogP contribution in [0.1, 0.15) is 39.0 Å². The molecule has 7 heteroatoms. The molecule has 1 aromatic heterocycles. The molecule has 0 unspecified atom stereocenters. The van der Waals surface area contributed by atoms with Gasteiger partial charge in [0.2, 0.25) is 0 Å². The quantitative estimate of drug-likeness (QED) is 0.680. The van der Waals surface area contributed by atoms with Crippen LogP contribution in [0.3, 0.4) is 0 Å². The molecule has 0 fully saturated rings. The van der Waals surface area contributed by atoms with Crippen molar-refractivity contribution in [1.82, 2.24) is 15.1 Å². The molecular weight excluding hydrogens is 376 g/mol. The van der Waals surface area contributed by atoms with Crippen molar-refractivity contribution >= 4 is 29.1 Å². The molecule has 0 atom stereocenters. The second kappa shape index (κ2) is 8.27. The van der Waals surface area contributed by atoms with Gasteiger partial charge < -0.3 is 10.6 Å². The maximum atomic E-state index is 12.5. The first-order chi connectivity index (χ1) is 13.4. The van der Waals surface area contributed by atoms with Gasteiger partial charge in [-0.15, -0.1) is 0 Å². The lowest BCUT2D eigenvalue weighted by molar-refractivity contribution is 0.0954. The molecule has 6 nitrogen and oxygen atoms in total. The SMILES string of the molecule is CCNC(=O)c1cccc(NC(=O)c2ccc(-n3nc(C)c(Cl)c3C)cc2)c1. The van der Waals surface area contributed by atoms with E-state index in [0.717, 1.165) is 17.1 Å². The third-order valence-corrected chi connectivity index (χ3v) is 4.84. The van der Waals surface area contributed by atoms with Crippen molar-refractivity contribution < 1.29 is 9.59 Å². The van der Waals surface area contributed by atoms with Crippen LogP contribution < -0.4 is 10.6 Å². The first kappa shape index (κ1) is 19.6. The van der Waals surface area contributed by atoms with E-state index in [-0.39, 0.29) is 11.8 Å². The summed E-state index contributed by atoms with van der Waals surface area (Å²) < 4.78 is 1.75. The highest BCUT2D eigenvalue weighted by Gasteiger charge is 2.12. The predicted molar refractivity (Wildman–Crippen MR) is 110 cm³/mol. The average Bonchev–Trinajstić information content (AvgIpc) is 2.96. The van der Waals surface area contributed by atoms with Crippen molar-refractivity contribution in [3.63, 3.8) is 0 Å². The maximum Gasteiger partial charge on any atom is 0.255 e. The lowest BCUT2D eigenvalue weighted by Crippen LogP contribution is -2.22. The van der Waals surface area contributed by atoms with Crippen LogP contribution in [0.4, 0.5) is 5.69 Å². The summed E-state index contributed by atoms with van der Waals surface area (Å²) in [4.78, 5) is 24.5. The number of benzene rings is 2. The molecule has 144 valence electrons. The number of carbonyl (C=O) groups excluding carboxylic acids is 2. The summed E-state index contributed by atoms with van der Waals surface area (Å²) >= 11 is 6.20. The van der Waals surface area contributed by atoms with Crippen LogP contribution in [0.5, 0.6) is 0 Å². The number of aromatic nitrogens is 2. The first-order valence-corrected chi connectivity index (χ1v) is 9.30. The Labute approximate surface area is 168 Å². The molecule has 0 radical (unpaired) electrons. The van der Waals surface area contributed by atoms with E-state index in [1.54, 1.807) is 41.1 Å². The zero-order valence-electron chi connectivity index (χ0n) is 15.9. The van der Waals surface area contributed by atoms with Crippen LogP contribution in [0.25, 0.3) is 5.69 Å². The van der Waals surface area contributed by atoms with E-state index in [2.05, 4.69) is 15.7 Å². The number of rotatable bonds is 5. The monoisotopic (exact) mass is 396 g/mol. The van der Waals surface area contributed by atoms with Gasteiger partial charge in [0.05, 0.1) is 22.1 Å². The lowest BCUT2D eigenvalue weighted by atomic mass is 10.1. The molecule has 0 spiro atoms. The third-order valence-electron chi connectivity index (χ3n) is 4.30. The Morgan fingerprint density at radius 3 is 2.36 bits per heavy atom. The van der Waals surface area contributed by atoms with E-state index >= 15 is 0 Å². The Kier molecular flexibility index (Phi) is 5.80. The highest BCUT2D eigenvalue weighted by atomic mass is 35.5. The Balaban J connectivity index is 1.76. The van der Waals surface area contributed by atoms with E-state index in [4.69, 9.17) is 11.6 Å². The second-order valence-corrected chi connectivity index (χ2v) is 6.72. The van der Waals surface area contributed by atoms with Gasteiger partial charge in [0.25, 0.3) is 11.8 Å². The number of halogens is 1. The standard InChI is InChI=1S/C21H21ClN4O2/c1-4-23-20(27)16-6-5-7-17(12-16)24-21(28)15-8-10-18(11-9-15)26-14(3)19(22)13(2)25-26/h5-12H,4H2,1-3H3,(H,23,27)(H,24,28). The number of nitrogens with zero attached hydrogens (tertiary/aromatic N) is 2. The summed E-state index contributed by atoms with van der Waals surface area (Å²) in [5.41, 5.74) is 3.98. The first-order valence-electron chi connectivity index (χ1n) is 8.92. The summed E-state index contributed by atoms with van der Waals surface area (Å²) in [6.07, 6.45) is 0. The molecule has 28 heavy (non-hydrogen) atoms. The summed E-state index contributed by atoms with van der Waals surface area (Å²) in [5.74, 6) is -0.433. The molecule has 0 aliphatic rings. The minimum Gasteiger partial charge on any atom is -0.352 e. The van der Waals surface area contributed by atoms with Gasteiger partial charge in [-0.1, -0.05) is 17.7 Å². The van der Waals surface area contributed by atoms with Gasteiger partial charge in [0.15, 0.2) is 0 Å². The van der Waals surface area contributed by atoms with Crippen molar-refractivity contribution in [2.75, 3.05) is 11.9 Å². The van der Waals surface area contributed by atoms with E-state index < -0.39 is 0 Å². The summed E-state index contributed by atoms with van der Waals surface area (Å²) in [6, 6.07) is 13.9. The largest absolute Gasteiger partial charge is 0.352 e. The molecule has 0 aliphatic heterocycles. The number of anilines is 1. The molecule has 2 N–H and O–H groups in total. The minimum absolute atomic E-state index is 0.175. The van der Waals surface area contributed by atoms with Gasteiger partial charge >= 0.3 is 0 Å². The number of hydrogen-bond donors (Lipinski definition) is 2. The highest BCUT2D eigenvalue weighted by molar-refractivity contribution is 6.31. The van der Waals surface area contributed by atoms with Crippen LogP contribution in [-0.4, -0.2) is 28.1 Å². The smallest absolute Gasteiger partial charge is 0.255 e. The summed E-state index contributed by atoms with van der Waals surface area (Å²) in [7, 11) is 0. The molecule has 0 saturated carbocycles. The van der Waals surface area contributed by atoms with Gasteiger partial charge in [0, 0.05) is 23.4 Å². The van der Waals surface area contributed by atoms with E-state index in [9.17, 15) is 9.59 Å². The van der Waals surface area contributed by atoms with Gasteiger partial charge in [-0.2, -0.15) is 5.10 Å². The fourth-order valence-corrected chi connectivity index (χ4v) is 2.95. The van der Waals surface area contributed by atoms with Crippen LogP contribution in [-0.2, 0) is 0 Å². The van der Waals surface area contributed by atoms with Crippen molar-refractivity contribution in [2.45, 2.75) is 20.8 Å². The molecule has 2 amide bonds. The molecule has 0 aliphatic carbocycles. The predicted octanol–water partition coefficient (Wildman–Crippen LogP) is 4.14. The summed E-state index contributed by atoms with van der Waals surface area (Å²) in [5, 5.41) is 10.6. The number of nitrogens with one attached hydrogen (secondary N) is 2. The van der Waals surface area contributed by atoms with E-state index in [1.165, 1.54) is 0 Å². The Hall–Kier alpha value is -3.12. The van der Waals surface area contributed by atoms with E-state index in [0.29, 0.717) is 28.4 Å². The number of aryl methyl sites for hydroxylation is 1. The van der Waals surface area contributed by atoms with Gasteiger partial charge in [0.1, 0.15) is 0 Å². The van der Waals surface area contributed by atoms with Gasteiger partial charge in [-0.05, 0) is 63.2 Å². The van der Waals surface area contributed by atoms with Crippen LogP contribution >= 0.6 is 11.6 Å². The highest BCUT2D eigenvalue weighted by Crippen LogP contribution is 2.22. The fourth-order valence-electron chi connectivity index (χ4n) is 2.83. The van der Waals surface area contributed by atoms with Crippen molar-refractivity contribution in [3.8, 4) is 5.69 Å². The topological polar surface area (TPSA) is 76.0 Å². The maximum absolute atomic E-state index is 12.5. The minimum atomic E-state index is -0.258. The third kappa shape index (κ3) is 4.07. The summed E-state index contributed by atoms with van der Waals surface area (Å²) in [6.45, 7) is 6.14. The average molecular weight is 397 g/mol. The Morgan fingerprint density at radius 1 is 1.04 bits per heavy atom. The van der Waals surface area contributed by atoms with Crippen LogP contribution in [0.15, 0.2) is 48.5 Å². The Bertz CT molecular complexity index is 1030. The fraction of sp³-hybridized carbons (Fsp3) is 0.190. The number of amides is 2. The molecule has 3 rings (SSSR count). The lowest BCUT2D eigenvalue weighted by Gasteiger charge is -2.09. The normalized spacial score (nSPS) is 10.6. The molecule has 3 aromatic rings. The van der Waals surface area contributed by atoms with Crippen molar-refractivity contribution in [3.05, 3.63) is 76.1 Å². The molecule has 1 heterocycles. The van der Waals surface area contributed by atoms with Gasteiger partial charge in [-0.3, -0.25) is 9.59 Å². The van der Waals surface area contributed by atoms with Crippen molar-refractivity contribution in [2.24, 2.45) is 0 Å². The number of carbonyl (C=O) groups is 2. The van der Waals surface area contributed by atoms with Crippen molar-refractivity contribution in [1.29, 1.82) is 0 Å². The molecule has 2 aromatic carbocycles. The van der Waals surface area contributed by atoms with Gasteiger partial charge in [-0.25, -0.2) is 4.68 Å². The van der Waals surface area contributed by atoms with E-state index in [1.807, 2.05) is 32.9 Å². The second-order valence-electron chi connectivity index (χ2n) is 6.34. The van der Waals surface area contributed by atoms with Crippen LogP contribution in [0.2, 0.25) is 5.02 Å². The molecule has 0 saturated heterocycles.